The standard InChI is InChI=1S/C14H24N4/c1-14(2)7-4-11(5-8-14)18(3)10-13-16-9-6-12(15)17-13/h6,9,11H,4-5,7-8,10H2,1-3H3,(H2,15,16,17). The first-order valence-corrected chi connectivity index (χ1v) is 6.74. The molecule has 0 spiro atoms. The molecule has 0 unspecified atom stereocenters. The lowest BCUT2D eigenvalue weighted by atomic mass is 9.75. The summed E-state index contributed by atoms with van der Waals surface area (Å²) in [5.41, 5.74) is 6.20. The van der Waals surface area contributed by atoms with Crippen LogP contribution in [0.1, 0.15) is 45.4 Å². The molecule has 1 aromatic heterocycles. The number of hydrogen-bond donors (Lipinski definition) is 1. The van der Waals surface area contributed by atoms with E-state index >= 15 is 0 Å². The Labute approximate surface area is 110 Å². The molecule has 0 aliphatic heterocycles. The van der Waals surface area contributed by atoms with Crippen molar-refractivity contribution in [1.29, 1.82) is 0 Å². The lowest BCUT2D eigenvalue weighted by Crippen LogP contribution is -2.37. The summed E-state index contributed by atoms with van der Waals surface area (Å²) in [5.74, 6) is 1.38. The van der Waals surface area contributed by atoms with Crippen LogP contribution in [0.25, 0.3) is 0 Å². The predicted molar refractivity (Wildman–Crippen MR) is 73.9 cm³/mol. The van der Waals surface area contributed by atoms with Crippen LogP contribution in [0.15, 0.2) is 12.3 Å². The number of nitrogens with zero attached hydrogens (tertiary/aromatic N) is 3. The van der Waals surface area contributed by atoms with Crippen LogP contribution in [0.3, 0.4) is 0 Å². The molecule has 1 heterocycles. The smallest absolute Gasteiger partial charge is 0.144 e. The molecule has 18 heavy (non-hydrogen) atoms. The van der Waals surface area contributed by atoms with E-state index in [1.807, 2.05) is 0 Å². The van der Waals surface area contributed by atoms with Crippen molar-refractivity contribution in [2.24, 2.45) is 5.41 Å². The quantitative estimate of drug-likeness (QED) is 0.892. The minimum Gasteiger partial charge on any atom is -0.384 e. The van der Waals surface area contributed by atoms with Crippen LogP contribution < -0.4 is 5.73 Å². The summed E-state index contributed by atoms with van der Waals surface area (Å²) < 4.78 is 0. The summed E-state index contributed by atoms with van der Waals surface area (Å²) in [5, 5.41) is 0. The molecule has 0 radical (unpaired) electrons. The van der Waals surface area contributed by atoms with E-state index in [9.17, 15) is 0 Å². The predicted octanol–water partition coefficient (Wildman–Crippen LogP) is 2.46. The van der Waals surface area contributed by atoms with Crippen LogP contribution in [0.2, 0.25) is 0 Å². The molecule has 2 N–H and O–H groups in total. The van der Waals surface area contributed by atoms with Crippen LogP contribution >= 0.6 is 0 Å². The van der Waals surface area contributed by atoms with Crippen molar-refractivity contribution >= 4 is 5.82 Å². The lowest BCUT2D eigenvalue weighted by molar-refractivity contribution is 0.121. The summed E-state index contributed by atoms with van der Waals surface area (Å²) in [7, 11) is 2.16. The summed E-state index contributed by atoms with van der Waals surface area (Å²) >= 11 is 0. The monoisotopic (exact) mass is 248 g/mol. The fraction of sp³-hybridized carbons (Fsp3) is 0.714. The van der Waals surface area contributed by atoms with Crippen molar-refractivity contribution in [2.75, 3.05) is 12.8 Å². The van der Waals surface area contributed by atoms with Gasteiger partial charge in [-0.2, -0.15) is 0 Å². The molecule has 4 nitrogen and oxygen atoms in total. The maximum Gasteiger partial charge on any atom is 0.144 e. The first-order chi connectivity index (χ1) is 8.46. The Morgan fingerprint density at radius 1 is 1.39 bits per heavy atom. The van der Waals surface area contributed by atoms with E-state index in [1.165, 1.54) is 25.7 Å². The lowest BCUT2D eigenvalue weighted by Gasteiger charge is -2.38. The van der Waals surface area contributed by atoms with E-state index < -0.39 is 0 Å². The number of aromatic nitrogens is 2. The van der Waals surface area contributed by atoms with Gasteiger partial charge in [-0.1, -0.05) is 13.8 Å². The van der Waals surface area contributed by atoms with Gasteiger partial charge in [0.1, 0.15) is 11.6 Å². The van der Waals surface area contributed by atoms with Gasteiger partial charge >= 0.3 is 0 Å². The molecule has 100 valence electrons. The van der Waals surface area contributed by atoms with Gasteiger partial charge in [-0.25, -0.2) is 9.97 Å². The van der Waals surface area contributed by atoms with Crippen molar-refractivity contribution in [3.63, 3.8) is 0 Å². The highest BCUT2D eigenvalue weighted by Crippen LogP contribution is 2.36. The highest BCUT2D eigenvalue weighted by molar-refractivity contribution is 5.24. The summed E-state index contributed by atoms with van der Waals surface area (Å²) in [6, 6.07) is 2.38. The minimum atomic E-state index is 0.519. The van der Waals surface area contributed by atoms with Gasteiger partial charge in [-0.3, -0.25) is 4.90 Å². The zero-order chi connectivity index (χ0) is 13.2. The van der Waals surface area contributed by atoms with E-state index in [4.69, 9.17) is 5.73 Å². The molecule has 0 amide bonds. The Morgan fingerprint density at radius 3 is 2.67 bits per heavy atom. The summed E-state index contributed by atoms with van der Waals surface area (Å²) in [4.78, 5) is 10.9. The molecule has 0 bridgehead atoms. The number of nitrogen functional groups attached to an aromatic ring is 1. The number of anilines is 1. The molecule has 1 aromatic rings. The SMILES string of the molecule is CN(Cc1nccc(N)n1)C1CCC(C)(C)CC1. The highest BCUT2D eigenvalue weighted by Gasteiger charge is 2.28. The van der Waals surface area contributed by atoms with Crippen LogP contribution in [0.5, 0.6) is 0 Å². The van der Waals surface area contributed by atoms with Gasteiger partial charge < -0.3 is 5.73 Å². The Morgan fingerprint density at radius 2 is 2.06 bits per heavy atom. The second-order valence-corrected chi connectivity index (χ2v) is 6.21. The van der Waals surface area contributed by atoms with Crippen LogP contribution in [0, 0.1) is 5.41 Å². The fourth-order valence-corrected chi connectivity index (χ4v) is 2.67. The first kappa shape index (κ1) is 13.3. The normalized spacial score (nSPS) is 20.2. The minimum absolute atomic E-state index is 0.519. The summed E-state index contributed by atoms with van der Waals surface area (Å²) in [6.45, 7) is 5.52. The molecular formula is C14H24N4. The average molecular weight is 248 g/mol. The molecule has 2 rings (SSSR count). The van der Waals surface area contributed by atoms with Gasteiger partial charge in [0.05, 0.1) is 6.54 Å². The van der Waals surface area contributed by atoms with Gasteiger partial charge in [-0.05, 0) is 44.2 Å². The average Bonchev–Trinajstić information content (AvgIpc) is 2.28. The second kappa shape index (κ2) is 5.22. The van der Waals surface area contributed by atoms with E-state index in [0.29, 0.717) is 17.3 Å². The van der Waals surface area contributed by atoms with Crippen LogP contribution in [-0.2, 0) is 6.54 Å². The van der Waals surface area contributed by atoms with Gasteiger partial charge in [0.15, 0.2) is 0 Å². The molecule has 1 saturated carbocycles. The molecule has 1 aliphatic carbocycles. The van der Waals surface area contributed by atoms with Gasteiger partial charge in [-0.15, -0.1) is 0 Å². The van der Waals surface area contributed by atoms with Crippen LogP contribution in [-0.4, -0.2) is 28.0 Å². The molecule has 4 heteroatoms. The van der Waals surface area contributed by atoms with Gasteiger partial charge in [0.2, 0.25) is 0 Å². The number of rotatable bonds is 3. The number of hydrogen-bond acceptors (Lipinski definition) is 4. The Hall–Kier alpha value is -1.16. The second-order valence-electron chi connectivity index (χ2n) is 6.21. The van der Waals surface area contributed by atoms with Crippen molar-refractivity contribution in [2.45, 2.75) is 52.1 Å². The molecule has 1 aliphatic rings. The highest BCUT2D eigenvalue weighted by atomic mass is 15.2. The van der Waals surface area contributed by atoms with Gasteiger partial charge in [0, 0.05) is 12.2 Å². The molecule has 0 aromatic carbocycles. The Kier molecular flexibility index (Phi) is 3.85. The Bertz CT molecular complexity index is 393. The molecule has 0 atom stereocenters. The Balaban J connectivity index is 1.91. The maximum atomic E-state index is 5.68. The van der Waals surface area contributed by atoms with Crippen molar-refractivity contribution < 1.29 is 0 Å². The number of nitrogens with two attached hydrogens (primary N) is 1. The van der Waals surface area contributed by atoms with E-state index in [0.717, 1.165) is 12.4 Å². The van der Waals surface area contributed by atoms with Gasteiger partial charge in [0.25, 0.3) is 0 Å². The third-order valence-electron chi connectivity index (χ3n) is 4.05. The van der Waals surface area contributed by atoms with E-state index in [1.54, 1.807) is 12.3 Å². The van der Waals surface area contributed by atoms with E-state index in [-0.39, 0.29) is 0 Å². The first-order valence-electron chi connectivity index (χ1n) is 6.74. The third-order valence-corrected chi connectivity index (χ3v) is 4.05. The van der Waals surface area contributed by atoms with Crippen LogP contribution in [0.4, 0.5) is 5.82 Å². The van der Waals surface area contributed by atoms with E-state index in [2.05, 4.69) is 35.8 Å². The largest absolute Gasteiger partial charge is 0.384 e. The topological polar surface area (TPSA) is 55.0 Å². The molecule has 0 saturated heterocycles. The third kappa shape index (κ3) is 3.42. The zero-order valence-electron chi connectivity index (χ0n) is 11.7. The van der Waals surface area contributed by atoms with Crippen molar-refractivity contribution in [3.8, 4) is 0 Å². The zero-order valence-corrected chi connectivity index (χ0v) is 11.7. The van der Waals surface area contributed by atoms with Crippen molar-refractivity contribution in [3.05, 3.63) is 18.1 Å². The fourth-order valence-electron chi connectivity index (χ4n) is 2.67. The summed E-state index contributed by atoms with van der Waals surface area (Å²) in [6.07, 6.45) is 6.88. The van der Waals surface area contributed by atoms with Crippen molar-refractivity contribution in [1.82, 2.24) is 14.9 Å². The maximum absolute atomic E-state index is 5.68. The molecule has 1 fully saturated rings. The molecular weight excluding hydrogens is 224 g/mol.